The molecule has 1 saturated heterocycles. The SMILES string of the molecule is COc1cccc(Nc2c(C(N)=O)cnc3c(C)cc(Sc4cccc(C(=O)N5CCC(C6CCC(CCCCNCCc7ccc(O)c8[nH]c(=O)ccc78)CC6)CC5)c4)cc23)c1. The van der Waals surface area contributed by atoms with E-state index in [0.717, 1.165) is 100 Å². The van der Waals surface area contributed by atoms with E-state index >= 15 is 0 Å². The van der Waals surface area contributed by atoms with E-state index in [1.54, 1.807) is 31.0 Å². The fourth-order valence-electron chi connectivity index (χ4n) is 9.75. The summed E-state index contributed by atoms with van der Waals surface area (Å²) in [5, 5.41) is 18.8. The Labute approximate surface area is 373 Å². The van der Waals surface area contributed by atoms with Crippen molar-refractivity contribution in [1.82, 2.24) is 20.2 Å². The summed E-state index contributed by atoms with van der Waals surface area (Å²) < 4.78 is 5.41. The lowest BCUT2D eigenvalue weighted by molar-refractivity contribution is 0.0624. The molecule has 1 aliphatic heterocycles. The van der Waals surface area contributed by atoms with Crippen LogP contribution in [0.4, 0.5) is 11.4 Å². The highest BCUT2D eigenvalue weighted by atomic mass is 32.2. The van der Waals surface area contributed by atoms with E-state index in [1.165, 1.54) is 57.2 Å². The molecule has 2 amide bonds. The molecular formula is C51H58N6O5S. The maximum atomic E-state index is 13.9. The number of rotatable bonds is 16. The van der Waals surface area contributed by atoms with Gasteiger partial charge < -0.3 is 36.1 Å². The number of aromatic hydroxyl groups is 1. The molecule has 0 radical (unpaired) electrons. The van der Waals surface area contributed by atoms with Gasteiger partial charge in [0.05, 0.1) is 29.4 Å². The Kier molecular flexibility index (Phi) is 14.0. The summed E-state index contributed by atoms with van der Waals surface area (Å²) in [6.45, 7) is 5.47. The highest BCUT2D eigenvalue weighted by Gasteiger charge is 2.32. The number of methoxy groups -OCH3 is 1. The number of fused-ring (bicyclic) bond motifs is 2. The number of phenols is 1. The van der Waals surface area contributed by atoms with Gasteiger partial charge in [0.1, 0.15) is 11.5 Å². The van der Waals surface area contributed by atoms with Crippen LogP contribution in [0.15, 0.2) is 106 Å². The zero-order chi connectivity index (χ0) is 43.9. The molecule has 0 unspecified atom stereocenters. The molecule has 2 fully saturated rings. The van der Waals surface area contributed by atoms with Gasteiger partial charge in [0.2, 0.25) is 5.56 Å². The van der Waals surface area contributed by atoms with Gasteiger partial charge >= 0.3 is 0 Å². The number of nitrogens with zero attached hydrogens (tertiary/aromatic N) is 2. The first-order chi connectivity index (χ1) is 30.6. The Hall–Kier alpha value is -5.85. The molecule has 0 atom stereocenters. The van der Waals surface area contributed by atoms with E-state index in [0.29, 0.717) is 34.0 Å². The number of anilines is 2. The Balaban J connectivity index is 0.789. The van der Waals surface area contributed by atoms with Gasteiger partial charge in [0.15, 0.2) is 0 Å². The van der Waals surface area contributed by atoms with Crippen LogP contribution in [0.5, 0.6) is 11.5 Å². The number of aromatic amines is 1. The number of nitrogens with two attached hydrogens (primary N) is 1. The van der Waals surface area contributed by atoms with Crippen molar-refractivity contribution in [3.63, 3.8) is 0 Å². The lowest BCUT2D eigenvalue weighted by atomic mass is 9.72. The number of pyridine rings is 2. The Morgan fingerprint density at radius 2 is 1.68 bits per heavy atom. The number of aryl methyl sites for hydroxylation is 1. The molecule has 8 rings (SSSR count). The summed E-state index contributed by atoms with van der Waals surface area (Å²) in [4.78, 5) is 49.5. The van der Waals surface area contributed by atoms with E-state index in [-0.39, 0.29) is 17.2 Å². The number of H-pyrrole nitrogens is 1. The first-order valence-corrected chi connectivity index (χ1v) is 23.2. The molecule has 0 bridgehead atoms. The Morgan fingerprint density at radius 1 is 0.889 bits per heavy atom. The number of phenolic OH excluding ortho intramolecular Hbond substituents is 1. The van der Waals surface area contributed by atoms with Crippen LogP contribution in [0.2, 0.25) is 0 Å². The van der Waals surface area contributed by atoms with Gasteiger partial charge in [-0.1, -0.05) is 55.6 Å². The molecule has 2 aromatic heterocycles. The topological polar surface area (TPSA) is 163 Å². The smallest absolute Gasteiger partial charge is 0.253 e. The van der Waals surface area contributed by atoms with E-state index in [9.17, 15) is 19.5 Å². The second kappa shape index (κ2) is 20.1. The molecule has 12 heteroatoms. The van der Waals surface area contributed by atoms with Gasteiger partial charge in [-0.2, -0.15) is 0 Å². The fraction of sp³-hybridized carbons (Fsp3) is 0.373. The second-order valence-corrected chi connectivity index (χ2v) is 18.4. The fourth-order valence-corrected chi connectivity index (χ4v) is 10.8. The Morgan fingerprint density at radius 3 is 2.48 bits per heavy atom. The standard InChI is InChI=1S/C51H58N6O5S/c1-32-27-41(30-43-47(32)54-31-44(50(52)60)48(43)55-38-9-6-10-39(29-38)62-2)63-40-11-5-8-37(28-40)51(61)57-25-21-35(22-26-57)34-14-12-33(13-15-34)7-3-4-23-53-24-20-36-16-18-45(58)49-42(36)17-19-46(59)56-49/h5-6,8-11,16-19,27-31,33-35,53,58H,3-4,7,12-15,20-26H2,1-2H3,(H2,52,60)(H,54,55)(H,56,59). The number of aromatic nitrogens is 2. The first kappa shape index (κ1) is 43.8. The summed E-state index contributed by atoms with van der Waals surface area (Å²) in [5.74, 6) is 2.59. The highest BCUT2D eigenvalue weighted by Crippen LogP contribution is 2.41. The summed E-state index contributed by atoms with van der Waals surface area (Å²) in [5.41, 5.74) is 11.3. The molecule has 4 aromatic carbocycles. The molecule has 2 aliphatic rings. The van der Waals surface area contributed by atoms with Crippen LogP contribution in [0.3, 0.4) is 0 Å². The number of unbranched alkanes of at least 4 members (excludes halogenated alkanes) is 1. The van der Waals surface area contributed by atoms with E-state index < -0.39 is 5.91 Å². The number of ether oxygens (including phenoxy) is 1. The minimum atomic E-state index is -0.572. The number of benzene rings is 4. The van der Waals surface area contributed by atoms with Crippen LogP contribution < -0.4 is 26.7 Å². The van der Waals surface area contributed by atoms with Crippen molar-refractivity contribution in [2.45, 2.75) is 80.9 Å². The van der Waals surface area contributed by atoms with Crippen molar-refractivity contribution in [2.75, 3.05) is 38.6 Å². The number of hydrogen-bond donors (Lipinski definition) is 5. The zero-order valence-corrected chi connectivity index (χ0v) is 37.1. The normalized spacial score (nSPS) is 17.0. The van der Waals surface area contributed by atoms with Crippen LogP contribution in [0, 0.1) is 24.7 Å². The molecule has 1 aliphatic carbocycles. The molecule has 1 saturated carbocycles. The van der Waals surface area contributed by atoms with E-state index in [2.05, 4.69) is 26.7 Å². The maximum absolute atomic E-state index is 13.9. The van der Waals surface area contributed by atoms with E-state index in [1.807, 2.05) is 72.5 Å². The summed E-state index contributed by atoms with van der Waals surface area (Å²) in [6.07, 6.45) is 13.5. The number of hydrogen-bond acceptors (Lipinski definition) is 9. The number of carbonyl (C=O) groups excluding carboxylic acids is 2. The molecule has 328 valence electrons. The van der Waals surface area contributed by atoms with Gasteiger partial charge in [-0.15, -0.1) is 0 Å². The van der Waals surface area contributed by atoms with Crippen LogP contribution in [0.25, 0.3) is 21.8 Å². The third-order valence-electron chi connectivity index (χ3n) is 13.2. The van der Waals surface area contributed by atoms with Crippen LogP contribution >= 0.6 is 11.8 Å². The van der Waals surface area contributed by atoms with Crippen molar-refractivity contribution >= 4 is 56.8 Å². The number of nitrogens with one attached hydrogen (secondary N) is 3. The summed E-state index contributed by atoms with van der Waals surface area (Å²) >= 11 is 1.58. The summed E-state index contributed by atoms with van der Waals surface area (Å²) in [6, 6.07) is 26.4. The van der Waals surface area contributed by atoms with Gasteiger partial charge in [-0.3, -0.25) is 19.4 Å². The first-order valence-electron chi connectivity index (χ1n) is 22.4. The average Bonchev–Trinajstić information content (AvgIpc) is 3.30. The quantitative estimate of drug-likeness (QED) is 0.0597. The minimum Gasteiger partial charge on any atom is -0.506 e. The minimum absolute atomic E-state index is 0.0929. The Bertz CT molecular complexity index is 2650. The molecule has 63 heavy (non-hydrogen) atoms. The maximum Gasteiger partial charge on any atom is 0.253 e. The van der Waals surface area contributed by atoms with Crippen LogP contribution in [0.1, 0.15) is 89.6 Å². The molecule has 6 N–H and O–H groups in total. The van der Waals surface area contributed by atoms with Crippen molar-refractivity contribution in [3.8, 4) is 11.5 Å². The number of amides is 2. The van der Waals surface area contributed by atoms with Crippen LogP contribution in [-0.2, 0) is 6.42 Å². The van der Waals surface area contributed by atoms with Crippen molar-refractivity contribution < 1.29 is 19.4 Å². The third kappa shape index (κ3) is 10.5. The van der Waals surface area contributed by atoms with E-state index in [4.69, 9.17) is 10.5 Å². The average molecular weight is 867 g/mol. The van der Waals surface area contributed by atoms with Crippen molar-refractivity contribution in [3.05, 3.63) is 124 Å². The summed E-state index contributed by atoms with van der Waals surface area (Å²) in [7, 11) is 1.61. The molecular weight excluding hydrogens is 809 g/mol. The number of primary amides is 1. The number of likely N-dealkylation sites (tertiary alicyclic amines) is 1. The largest absolute Gasteiger partial charge is 0.506 e. The van der Waals surface area contributed by atoms with Gasteiger partial charge in [0, 0.05) is 63.2 Å². The number of piperidine rings is 1. The molecule has 3 heterocycles. The second-order valence-electron chi connectivity index (χ2n) is 17.3. The lowest BCUT2D eigenvalue weighted by Gasteiger charge is -2.39. The van der Waals surface area contributed by atoms with Gasteiger partial charge in [-0.25, -0.2) is 0 Å². The van der Waals surface area contributed by atoms with Gasteiger partial charge in [-0.05, 0) is 142 Å². The predicted octanol–water partition coefficient (Wildman–Crippen LogP) is 9.75. The monoisotopic (exact) mass is 866 g/mol. The molecule has 6 aromatic rings. The van der Waals surface area contributed by atoms with Crippen molar-refractivity contribution in [2.24, 2.45) is 23.5 Å². The zero-order valence-electron chi connectivity index (χ0n) is 36.3. The van der Waals surface area contributed by atoms with Gasteiger partial charge in [0.25, 0.3) is 11.8 Å². The third-order valence-corrected chi connectivity index (χ3v) is 14.2. The highest BCUT2D eigenvalue weighted by molar-refractivity contribution is 7.99. The lowest BCUT2D eigenvalue weighted by Crippen LogP contribution is -2.40. The molecule has 0 spiro atoms. The predicted molar refractivity (Wildman–Crippen MR) is 253 cm³/mol. The number of carbonyl (C=O) groups is 2. The van der Waals surface area contributed by atoms with Crippen LogP contribution in [-0.4, -0.2) is 65.1 Å². The molecule has 11 nitrogen and oxygen atoms in total. The van der Waals surface area contributed by atoms with Crippen molar-refractivity contribution in [1.29, 1.82) is 0 Å².